The molecule has 0 aliphatic carbocycles. The van der Waals surface area contributed by atoms with Crippen molar-refractivity contribution in [3.63, 3.8) is 0 Å². The highest BCUT2D eigenvalue weighted by Gasteiger charge is 2.68. The van der Waals surface area contributed by atoms with Gasteiger partial charge in [-0.3, -0.25) is 9.59 Å². The molecule has 0 aromatic heterocycles. The highest BCUT2D eigenvalue weighted by Crippen LogP contribution is 2.52. The van der Waals surface area contributed by atoms with Crippen LogP contribution in [0.5, 0.6) is 69.0 Å². The SMILES string of the molecule is O=C(O)CC1C(=O)OC2C(COC(=O)c3cc(O)c(O)c(O)c3)OC2(O)C(C(OC(=O)c2cc(O)c(O)c(O)c2)OC(=O)c2cc(O)c(O)c(O)c2)OC(=O)c2cc(O)c(O)c3c2C1C(O)C(=O)O3. The number of fused-ring (bicyclic) bond motifs is 1. The highest BCUT2D eigenvalue weighted by molar-refractivity contribution is 5.98. The Hall–Kier alpha value is -9.15. The Labute approximate surface area is 380 Å². The molecule has 28 nitrogen and oxygen atoms in total. The lowest BCUT2D eigenvalue weighted by Crippen LogP contribution is -2.75. The summed E-state index contributed by atoms with van der Waals surface area (Å²) >= 11 is 0. The number of carboxylic acids is 1. The maximum Gasteiger partial charge on any atom is 0.341 e. The van der Waals surface area contributed by atoms with Crippen molar-refractivity contribution in [3.05, 3.63) is 70.3 Å². The zero-order valence-corrected chi connectivity index (χ0v) is 34.0. The lowest BCUT2D eigenvalue weighted by molar-refractivity contribution is -0.427. The minimum atomic E-state index is -3.65. The minimum absolute atomic E-state index is 0.370. The summed E-state index contributed by atoms with van der Waals surface area (Å²) in [6.45, 7) is -1.20. The number of cyclic esters (lactones) is 1. The van der Waals surface area contributed by atoms with Crippen LogP contribution < -0.4 is 4.74 Å². The van der Waals surface area contributed by atoms with Crippen molar-refractivity contribution < 1.29 is 138 Å². The third kappa shape index (κ3) is 8.58. The number of phenols is 11. The zero-order valence-electron chi connectivity index (χ0n) is 34.0. The maximum absolute atomic E-state index is 14.5. The normalized spacial score (nSPS) is 22.8. The van der Waals surface area contributed by atoms with Crippen molar-refractivity contribution in [2.45, 2.75) is 48.8 Å². The number of hydrogen-bond donors (Lipinski definition) is 14. The molecule has 3 aliphatic heterocycles. The molecule has 364 valence electrons. The number of phenolic OH excluding ortho intramolecular Hbond substituents is 11. The largest absolute Gasteiger partial charge is 0.504 e. The summed E-state index contributed by atoms with van der Waals surface area (Å²) in [7, 11) is 0. The van der Waals surface area contributed by atoms with Gasteiger partial charge in [0, 0.05) is 11.5 Å². The molecular weight excluding hydrogens is 940 g/mol. The Morgan fingerprint density at radius 3 is 1.54 bits per heavy atom. The number of benzene rings is 4. The lowest BCUT2D eigenvalue weighted by Gasteiger charge is -2.52. The van der Waals surface area contributed by atoms with Gasteiger partial charge >= 0.3 is 41.8 Å². The number of rotatable bonds is 10. The molecule has 3 aliphatic rings. The maximum atomic E-state index is 14.5. The first kappa shape index (κ1) is 47.8. The van der Waals surface area contributed by atoms with Gasteiger partial charge in [-0.1, -0.05) is 0 Å². The summed E-state index contributed by atoms with van der Waals surface area (Å²) in [5.41, 5.74) is -4.55. The average Bonchev–Trinajstić information content (AvgIpc) is 3.29. The van der Waals surface area contributed by atoms with Gasteiger partial charge in [-0.05, 0) is 42.5 Å². The molecule has 0 radical (unpaired) electrons. The first-order chi connectivity index (χ1) is 32.3. The summed E-state index contributed by atoms with van der Waals surface area (Å²) in [6.07, 6.45) is -14.8. The molecule has 7 rings (SSSR count). The van der Waals surface area contributed by atoms with Crippen molar-refractivity contribution in [3.8, 4) is 69.0 Å². The van der Waals surface area contributed by atoms with Crippen molar-refractivity contribution >= 4 is 41.8 Å². The molecule has 7 atom stereocenters. The Bertz CT molecular complexity index is 2730. The van der Waals surface area contributed by atoms with E-state index in [9.17, 15) is 105 Å². The third-order valence-electron chi connectivity index (χ3n) is 10.7. The van der Waals surface area contributed by atoms with Gasteiger partial charge in [0.1, 0.15) is 12.7 Å². The molecule has 1 fully saturated rings. The van der Waals surface area contributed by atoms with Gasteiger partial charge in [-0.2, -0.15) is 0 Å². The molecule has 7 unspecified atom stereocenters. The summed E-state index contributed by atoms with van der Waals surface area (Å²) in [6, 6.07) is 3.47. The third-order valence-corrected chi connectivity index (χ3v) is 10.7. The summed E-state index contributed by atoms with van der Waals surface area (Å²) in [5, 5.41) is 145. The Kier molecular flexibility index (Phi) is 12.2. The predicted octanol–water partition coefficient (Wildman–Crippen LogP) is -0.662. The number of carboxylic acid groups (broad SMARTS) is 1. The van der Waals surface area contributed by atoms with Crippen molar-refractivity contribution in [1.29, 1.82) is 0 Å². The lowest BCUT2D eigenvalue weighted by atomic mass is 9.76. The Morgan fingerprint density at radius 1 is 0.623 bits per heavy atom. The van der Waals surface area contributed by atoms with Gasteiger partial charge in [0.2, 0.25) is 11.9 Å². The van der Waals surface area contributed by atoms with E-state index in [1.54, 1.807) is 0 Å². The van der Waals surface area contributed by atoms with Crippen LogP contribution in [0.3, 0.4) is 0 Å². The number of carbonyl (C=O) groups is 7. The summed E-state index contributed by atoms with van der Waals surface area (Å²) in [5.74, 6) is -34.6. The van der Waals surface area contributed by atoms with Crippen LogP contribution in [0, 0.1) is 5.92 Å². The number of aliphatic hydroxyl groups is 2. The van der Waals surface area contributed by atoms with Crippen molar-refractivity contribution in [2.24, 2.45) is 5.92 Å². The van der Waals surface area contributed by atoms with Gasteiger partial charge in [0.15, 0.2) is 75.5 Å². The van der Waals surface area contributed by atoms with Gasteiger partial charge in [-0.15, -0.1) is 0 Å². The van der Waals surface area contributed by atoms with Crippen LogP contribution >= 0.6 is 0 Å². The number of aromatic hydroxyl groups is 11. The number of ether oxygens (including phenoxy) is 7. The van der Waals surface area contributed by atoms with Gasteiger partial charge in [-0.25, -0.2) is 24.0 Å². The van der Waals surface area contributed by atoms with Gasteiger partial charge in [0.25, 0.3) is 12.1 Å². The second kappa shape index (κ2) is 17.6. The second-order valence-corrected chi connectivity index (χ2v) is 15.1. The van der Waals surface area contributed by atoms with E-state index < -0.39 is 200 Å². The Balaban J connectivity index is 1.41. The van der Waals surface area contributed by atoms with E-state index in [4.69, 9.17) is 33.2 Å². The molecule has 0 bridgehead atoms. The van der Waals surface area contributed by atoms with E-state index in [2.05, 4.69) is 0 Å². The highest BCUT2D eigenvalue weighted by atomic mass is 16.8. The topological polar surface area (TPSA) is 467 Å². The van der Waals surface area contributed by atoms with Crippen LogP contribution in [-0.4, -0.2) is 156 Å². The number of aliphatic carboxylic acids is 1. The van der Waals surface area contributed by atoms with Crippen molar-refractivity contribution in [2.75, 3.05) is 6.61 Å². The van der Waals surface area contributed by atoms with Gasteiger partial charge < -0.3 is 105 Å². The molecule has 28 heteroatoms. The quantitative estimate of drug-likeness (QED) is 0.0308. The fourth-order valence-corrected chi connectivity index (χ4v) is 7.39. The first-order valence-corrected chi connectivity index (χ1v) is 19.2. The first-order valence-electron chi connectivity index (χ1n) is 19.2. The standard InChI is InChI=1S/C41H32O28/c42-15-1-10(2-16(43)26(15)51)34(56)63-9-22-32-41(62,69-22)33(40(67-35(57)11-3-17(44)27(52)18(45)4-11)68-36(58)12-5-19(46)28(53)20(47)6-12)66-37(59)13-7-21(48)29(54)31-25(13)24(30(55)39(61)64-31)14(8-23(49)50)38(60)65-32/h1-7,14,22,24,30,32-33,40,42-48,51-55,62H,8-9H2,(H,49,50). The number of carbonyl (C=O) groups excluding carboxylic acids is 6. The zero-order chi connectivity index (χ0) is 50.7. The van der Waals surface area contributed by atoms with Crippen molar-refractivity contribution in [1.82, 2.24) is 0 Å². The molecule has 4 aromatic carbocycles. The molecule has 69 heavy (non-hydrogen) atoms. The number of esters is 6. The predicted molar refractivity (Wildman–Crippen MR) is 208 cm³/mol. The van der Waals surface area contributed by atoms with E-state index in [-0.39, 0.29) is 0 Å². The minimum Gasteiger partial charge on any atom is -0.504 e. The Morgan fingerprint density at radius 2 is 1.07 bits per heavy atom. The van der Waals surface area contributed by atoms with E-state index in [1.165, 1.54) is 0 Å². The molecule has 0 spiro atoms. The van der Waals surface area contributed by atoms with Crippen LogP contribution in [0.2, 0.25) is 0 Å². The van der Waals surface area contributed by atoms with Crippen LogP contribution in [-0.2, 0) is 42.8 Å². The molecule has 14 N–H and O–H groups in total. The molecule has 4 aromatic rings. The summed E-state index contributed by atoms with van der Waals surface area (Å²) in [4.78, 5) is 94.8. The molecule has 3 heterocycles. The smallest absolute Gasteiger partial charge is 0.341 e. The van der Waals surface area contributed by atoms with Crippen LogP contribution in [0.15, 0.2) is 42.5 Å². The number of aliphatic hydroxyl groups excluding tert-OH is 1. The van der Waals surface area contributed by atoms with E-state index in [0.29, 0.717) is 42.5 Å². The van der Waals surface area contributed by atoms with Gasteiger partial charge in [0.05, 0.1) is 34.6 Å². The van der Waals surface area contributed by atoms with Crippen LogP contribution in [0.1, 0.15) is 59.3 Å². The van der Waals surface area contributed by atoms with Crippen LogP contribution in [0.4, 0.5) is 0 Å². The molecule has 1 saturated heterocycles. The monoisotopic (exact) mass is 972 g/mol. The van der Waals surface area contributed by atoms with Crippen LogP contribution in [0.25, 0.3) is 0 Å². The fourth-order valence-electron chi connectivity index (χ4n) is 7.39. The summed E-state index contributed by atoms with van der Waals surface area (Å²) < 4.78 is 37.2. The van der Waals surface area contributed by atoms with E-state index >= 15 is 0 Å². The fraction of sp³-hybridized carbons (Fsp3) is 0.244. The van der Waals surface area contributed by atoms with E-state index in [1.807, 2.05) is 0 Å². The molecule has 0 saturated carbocycles. The molecular formula is C41H32O28. The molecule has 0 amide bonds. The number of hydrogen-bond acceptors (Lipinski definition) is 27. The average molecular weight is 973 g/mol. The second-order valence-electron chi connectivity index (χ2n) is 15.1. The van der Waals surface area contributed by atoms with E-state index in [0.717, 1.165) is 0 Å².